The fourth-order valence-electron chi connectivity index (χ4n) is 3.04. The van der Waals surface area contributed by atoms with E-state index < -0.39 is 15.9 Å². The third-order valence-electron chi connectivity index (χ3n) is 4.53. The molecule has 3 heterocycles. The Morgan fingerprint density at radius 3 is 2.87 bits per heavy atom. The molecule has 1 aromatic carbocycles. The van der Waals surface area contributed by atoms with Crippen molar-refractivity contribution < 1.29 is 17.9 Å². The lowest BCUT2D eigenvalue weighted by atomic mass is 10.1. The standard InChI is InChI=1S/C20H20N6O4S/c1-30-19-5-3-2-4-16(19)17-13-18(24-23-17)20(27)21-9-11-31(28,29)25-14-7-10-26-15(12-14)6-8-22-26/h2-8,10,12-13,25H,9,11H2,1H3,(H,21,27)(H,23,24). The van der Waals surface area contributed by atoms with Crippen LogP contribution in [-0.4, -0.2) is 53.5 Å². The number of carbonyl (C=O) groups is 1. The maximum Gasteiger partial charge on any atom is 0.269 e. The van der Waals surface area contributed by atoms with Crippen LogP contribution in [-0.2, 0) is 10.0 Å². The monoisotopic (exact) mass is 440 g/mol. The summed E-state index contributed by atoms with van der Waals surface area (Å²) in [5, 5.41) is 13.5. The number of ether oxygens (including phenoxy) is 1. The van der Waals surface area contributed by atoms with Gasteiger partial charge >= 0.3 is 0 Å². The van der Waals surface area contributed by atoms with Crippen molar-refractivity contribution in [2.75, 3.05) is 24.1 Å². The number of anilines is 1. The van der Waals surface area contributed by atoms with Crippen LogP contribution in [0.1, 0.15) is 10.5 Å². The van der Waals surface area contributed by atoms with E-state index in [1.807, 2.05) is 18.2 Å². The molecule has 0 saturated heterocycles. The molecule has 10 nitrogen and oxygen atoms in total. The number of rotatable bonds is 8. The number of fused-ring (bicyclic) bond motifs is 1. The molecule has 160 valence electrons. The number of nitrogens with zero attached hydrogens (tertiary/aromatic N) is 3. The summed E-state index contributed by atoms with van der Waals surface area (Å²) in [4.78, 5) is 12.4. The third-order valence-corrected chi connectivity index (χ3v) is 5.82. The highest BCUT2D eigenvalue weighted by molar-refractivity contribution is 7.92. The highest BCUT2D eigenvalue weighted by Crippen LogP contribution is 2.28. The molecule has 0 aliphatic carbocycles. The number of methoxy groups -OCH3 is 1. The van der Waals surface area contributed by atoms with Crippen LogP contribution in [0.15, 0.2) is 60.9 Å². The van der Waals surface area contributed by atoms with Gasteiger partial charge in [0.25, 0.3) is 5.91 Å². The summed E-state index contributed by atoms with van der Waals surface area (Å²) >= 11 is 0. The fraction of sp³-hybridized carbons (Fsp3) is 0.150. The zero-order valence-corrected chi connectivity index (χ0v) is 17.4. The number of sulfonamides is 1. The number of aromatic amines is 1. The van der Waals surface area contributed by atoms with Crippen molar-refractivity contribution in [2.24, 2.45) is 0 Å². The van der Waals surface area contributed by atoms with E-state index in [0.29, 0.717) is 17.1 Å². The molecule has 0 aliphatic heterocycles. The lowest BCUT2D eigenvalue weighted by molar-refractivity contribution is 0.0951. The maximum absolute atomic E-state index is 12.4. The first-order valence-electron chi connectivity index (χ1n) is 9.36. The molecule has 3 N–H and O–H groups in total. The van der Waals surface area contributed by atoms with Gasteiger partial charge in [-0.3, -0.25) is 14.6 Å². The summed E-state index contributed by atoms with van der Waals surface area (Å²) in [5.74, 6) is -0.104. The number of nitrogens with one attached hydrogen (secondary N) is 3. The number of hydrogen-bond donors (Lipinski definition) is 3. The second-order valence-electron chi connectivity index (χ2n) is 6.66. The summed E-state index contributed by atoms with van der Waals surface area (Å²) in [6.45, 7) is -0.0634. The summed E-state index contributed by atoms with van der Waals surface area (Å²) in [5.41, 5.74) is 2.69. The van der Waals surface area contributed by atoms with Crippen LogP contribution in [0.5, 0.6) is 5.75 Å². The molecule has 0 unspecified atom stereocenters. The van der Waals surface area contributed by atoms with Crippen LogP contribution in [0, 0.1) is 0 Å². The number of carbonyl (C=O) groups excluding carboxylic acids is 1. The molecule has 4 rings (SSSR count). The molecule has 0 bridgehead atoms. The van der Waals surface area contributed by atoms with Gasteiger partial charge in [0.1, 0.15) is 11.4 Å². The first-order chi connectivity index (χ1) is 14.9. The van der Waals surface area contributed by atoms with E-state index in [0.717, 1.165) is 11.1 Å². The molecule has 0 fully saturated rings. The highest BCUT2D eigenvalue weighted by Gasteiger charge is 2.15. The Morgan fingerprint density at radius 2 is 2.03 bits per heavy atom. The maximum atomic E-state index is 12.4. The van der Waals surface area contributed by atoms with Crippen LogP contribution < -0.4 is 14.8 Å². The highest BCUT2D eigenvalue weighted by atomic mass is 32.2. The lowest BCUT2D eigenvalue weighted by Gasteiger charge is -2.09. The predicted octanol–water partition coefficient (Wildman–Crippen LogP) is 1.90. The first kappa shape index (κ1) is 20.4. The molecule has 4 aromatic rings. The quantitative estimate of drug-likeness (QED) is 0.384. The zero-order chi connectivity index (χ0) is 21.8. The van der Waals surface area contributed by atoms with Crippen molar-refractivity contribution in [3.8, 4) is 17.0 Å². The van der Waals surface area contributed by atoms with Gasteiger partial charge in [0, 0.05) is 24.5 Å². The SMILES string of the molecule is COc1ccccc1-c1cc(C(=O)NCCS(=O)(=O)Nc2ccn3nccc3c2)[nH]n1. The van der Waals surface area contributed by atoms with Gasteiger partial charge < -0.3 is 10.1 Å². The lowest BCUT2D eigenvalue weighted by Crippen LogP contribution is -2.31. The molecular formula is C20H20N6O4S. The zero-order valence-electron chi connectivity index (χ0n) is 16.6. The van der Waals surface area contributed by atoms with E-state index >= 15 is 0 Å². The van der Waals surface area contributed by atoms with Crippen molar-refractivity contribution >= 4 is 27.1 Å². The molecule has 0 atom stereocenters. The Hall–Kier alpha value is -3.86. The van der Waals surface area contributed by atoms with E-state index in [9.17, 15) is 13.2 Å². The Morgan fingerprint density at radius 1 is 1.19 bits per heavy atom. The number of H-pyrrole nitrogens is 1. The van der Waals surface area contributed by atoms with Crippen LogP contribution in [0.3, 0.4) is 0 Å². The van der Waals surface area contributed by atoms with Crippen molar-refractivity contribution in [2.45, 2.75) is 0 Å². The predicted molar refractivity (Wildman–Crippen MR) is 116 cm³/mol. The Labute approximate surface area is 178 Å². The van der Waals surface area contributed by atoms with Gasteiger partial charge in [-0.15, -0.1) is 0 Å². The number of aromatic nitrogens is 4. The van der Waals surface area contributed by atoms with E-state index in [-0.39, 0.29) is 18.0 Å². The van der Waals surface area contributed by atoms with Crippen molar-refractivity contribution in [3.05, 3.63) is 66.6 Å². The summed E-state index contributed by atoms with van der Waals surface area (Å²) < 4.78 is 34.1. The molecule has 3 aromatic heterocycles. The van der Waals surface area contributed by atoms with E-state index in [4.69, 9.17) is 4.74 Å². The summed E-state index contributed by atoms with van der Waals surface area (Å²) in [7, 11) is -2.09. The smallest absolute Gasteiger partial charge is 0.269 e. The Balaban J connectivity index is 1.35. The van der Waals surface area contributed by atoms with Crippen molar-refractivity contribution in [1.82, 2.24) is 25.1 Å². The molecule has 0 saturated carbocycles. The van der Waals surface area contributed by atoms with Gasteiger partial charge in [0.15, 0.2) is 0 Å². The van der Waals surface area contributed by atoms with Crippen LogP contribution >= 0.6 is 0 Å². The number of amides is 1. The summed E-state index contributed by atoms with van der Waals surface area (Å²) in [6, 6.07) is 13.9. The topological polar surface area (TPSA) is 130 Å². The number of pyridine rings is 1. The average Bonchev–Trinajstić information content (AvgIpc) is 3.42. The van der Waals surface area contributed by atoms with Crippen LogP contribution in [0.25, 0.3) is 16.8 Å². The van der Waals surface area contributed by atoms with Crippen LogP contribution in [0.4, 0.5) is 5.69 Å². The van der Waals surface area contributed by atoms with Crippen molar-refractivity contribution in [3.63, 3.8) is 0 Å². The molecule has 0 spiro atoms. The average molecular weight is 440 g/mol. The largest absolute Gasteiger partial charge is 0.496 e. The summed E-state index contributed by atoms with van der Waals surface area (Å²) in [6.07, 6.45) is 3.28. The minimum atomic E-state index is -3.65. The normalized spacial score (nSPS) is 11.4. The number of para-hydroxylation sites is 1. The minimum absolute atomic E-state index is 0.0634. The third kappa shape index (κ3) is 4.67. The Kier molecular flexibility index (Phi) is 5.58. The van der Waals surface area contributed by atoms with Gasteiger partial charge in [-0.05, 0) is 36.4 Å². The molecule has 31 heavy (non-hydrogen) atoms. The van der Waals surface area contributed by atoms with E-state index in [1.54, 1.807) is 54.4 Å². The van der Waals surface area contributed by atoms with Gasteiger partial charge in [-0.2, -0.15) is 10.2 Å². The van der Waals surface area contributed by atoms with Crippen molar-refractivity contribution in [1.29, 1.82) is 0 Å². The van der Waals surface area contributed by atoms with E-state index in [1.165, 1.54) is 0 Å². The number of hydrogen-bond acceptors (Lipinski definition) is 6. The second kappa shape index (κ2) is 8.48. The second-order valence-corrected chi connectivity index (χ2v) is 8.50. The molecule has 0 radical (unpaired) electrons. The van der Waals surface area contributed by atoms with Gasteiger partial charge in [-0.25, -0.2) is 12.9 Å². The molecule has 11 heteroatoms. The van der Waals surface area contributed by atoms with Gasteiger partial charge in [-0.1, -0.05) is 12.1 Å². The molecule has 0 aliphatic rings. The van der Waals surface area contributed by atoms with Gasteiger partial charge in [0.2, 0.25) is 10.0 Å². The van der Waals surface area contributed by atoms with Crippen LogP contribution in [0.2, 0.25) is 0 Å². The Bertz CT molecular complexity index is 1330. The molecular weight excluding hydrogens is 420 g/mol. The van der Waals surface area contributed by atoms with Gasteiger partial charge in [0.05, 0.1) is 29.8 Å². The molecule has 1 amide bonds. The van der Waals surface area contributed by atoms with E-state index in [2.05, 4.69) is 25.3 Å². The number of benzene rings is 1. The first-order valence-corrected chi connectivity index (χ1v) is 11.0. The minimum Gasteiger partial charge on any atom is -0.496 e. The fourth-order valence-corrected chi connectivity index (χ4v) is 4.00.